The van der Waals surface area contributed by atoms with E-state index < -0.39 is 10.0 Å². The standard InChI is InChI=1S/C30H36N2O3S/c1-28-12-10-24-17-23-6-7-25(32(2)36(3,33)34)18-29(23)13-14-30(24,35-29)27(28)9-8-26(28)21-5-4-20-11-15-31-19-22(20)16-21/h4-5,10-11,15-17,19,25-27H,6-9,12-14,18H2,1-3H3/t25?,26?,27-,28-,29-,30-/m1/s1. The van der Waals surface area contributed by atoms with Crippen molar-refractivity contribution >= 4 is 20.8 Å². The fourth-order valence-corrected chi connectivity index (χ4v) is 9.55. The Morgan fingerprint density at radius 3 is 2.81 bits per heavy atom. The maximum absolute atomic E-state index is 12.3. The van der Waals surface area contributed by atoms with Gasteiger partial charge in [-0.1, -0.05) is 31.2 Å². The summed E-state index contributed by atoms with van der Waals surface area (Å²) in [7, 11) is -1.48. The SMILES string of the molecule is CN(C1CCC2=CC3=CC[C@]4(C)C(c5ccc6ccncc6c5)CC[C@H]4[C@@]34CC[C@]2(C1)O4)S(C)(=O)=O. The lowest BCUT2D eigenvalue weighted by atomic mass is 9.58. The molecule has 0 amide bonds. The van der Waals surface area contributed by atoms with E-state index in [1.807, 2.05) is 12.4 Å². The predicted octanol–water partition coefficient (Wildman–Crippen LogP) is 5.74. The molecular weight excluding hydrogens is 468 g/mol. The van der Waals surface area contributed by atoms with Gasteiger partial charge in [-0.15, -0.1) is 0 Å². The summed E-state index contributed by atoms with van der Waals surface area (Å²) in [6.07, 6.45) is 18.2. The van der Waals surface area contributed by atoms with Crippen LogP contribution in [-0.4, -0.2) is 48.3 Å². The quantitative estimate of drug-likeness (QED) is 0.535. The van der Waals surface area contributed by atoms with Crippen molar-refractivity contribution in [2.24, 2.45) is 11.3 Å². The highest BCUT2D eigenvalue weighted by Crippen LogP contribution is 2.69. The van der Waals surface area contributed by atoms with E-state index in [1.165, 1.54) is 46.6 Å². The molecule has 2 bridgehead atoms. The lowest BCUT2D eigenvalue weighted by molar-refractivity contribution is -0.138. The molecule has 190 valence electrons. The molecule has 1 aromatic heterocycles. The van der Waals surface area contributed by atoms with Crippen LogP contribution in [0.3, 0.4) is 0 Å². The van der Waals surface area contributed by atoms with Gasteiger partial charge in [0.05, 0.1) is 17.5 Å². The Morgan fingerprint density at radius 1 is 1.11 bits per heavy atom. The molecule has 0 radical (unpaired) electrons. The smallest absolute Gasteiger partial charge is 0.211 e. The number of allylic oxidation sites excluding steroid dienone is 1. The zero-order valence-corrected chi connectivity index (χ0v) is 22.4. The summed E-state index contributed by atoms with van der Waals surface area (Å²) in [5.74, 6) is 0.977. The molecule has 1 saturated heterocycles. The van der Waals surface area contributed by atoms with Gasteiger partial charge in [0.25, 0.3) is 0 Å². The molecule has 3 heterocycles. The predicted molar refractivity (Wildman–Crippen MR) is 142 cm³/mol. The van der Waals surface area contributed by atoms with Gasteiger partial charge in [-0.3, -0.25) is 4.98 Å². The third-order valence-corrected chi connectivity index (χ3v) is 12.1. The van der Waals surface area contributed by atoms with Gasteiger partial charge in [-0.2, -0.15) is 0 Å². The molecular formula is C30H36N2O3S. The second kappa shape index (κ2) is 7.52. The minimum absolute atomic E-state index is 0.00957. The van der Waals surface area contributed by atoms with Gasteiger partial charge in [-0.25, -0.2) is 12.7 Å². The van der Waals surface area contributed by atoms with Crippen molar-refractivity contribution in [1.29, 1.82) is 0 Å². The summed E-state index contributed by atoms with van der Waals surface area (Å²) in [5.41, 5.74) is 3.86. The van der Waals surface area contributed by atoms with Crippen LogP contribution in [-0.2, 0) is 14.8 Å². The molecule has 0 N–H and O–H groups in total. The molecule has 2 aromatic rings. The van der Waals surface area contributed by atoms with Crippen LogP contribution in [0, 0.1) is 11.3 Å². The molecule has 3 fully saturated rings. The third kappa shape index (κ3) is 3.07. The van der Waals surface area contributed by atoms with Crippen molar-refractivity contribution in [1.82, 2.24) is 9.29 Å². The molecule has 2 spiro atoms. The minimum atomic E-state index is -3.22. The maximum atomic E-state index is 12.3. The fraction of sp³-hybridized carbons (Fsp3) is 0.567. The molecule has 2 unspecified atom stereocenters. The first kappa shape index (κ1) is 23.1. The van der Waals surface area contributed by atoms with Crippen molar-refractivity contribution in [3.05, 3.63) is 65.5 Å². The Bertz CT molecular complexity index is 1430. The number of ether oxygens (including phenoxy) is 1. The highest BCUT2D eigenvalue weighted by molar-refractivity contribution is 7.88. The van der Waals surface area contributed by atoms with Crippen molar-refractivity contribution in [2.45, 2.75) is 81.5 Å². The van der Waals surface area contributed by atoms with Gasteiger partial charge in [0, 0.05) is 30.9 Å². The van der Waals surface area contributed by atoms with E-state index >= 15 is 0 Å². The monoisotopic (exact) mass is 504 g/mol. The van der Waals surface area contributed by atoms with Crippen LogP contribution in [0.1, 0.15) is 69.8 Å². The maximum Gasteiger partial charge on any atom is 0.211 e. The van der Waals surface area contributed by atoms with Crippen molar-refractivity contribution in [3.63, 3.8) is 0 Å². The van der Waals surface area contributed by atoms with Crippen molar-refractivity contribution in [2.75, 3.05) is 13.3 Å². The molecule has 2 aliphatic heterocycles. The van der Waals surface area contributed by atoms with Crippen LogP contribution in [0.2, 0.25) is 0 Å². The minimum Gasteiger partial charge on any atom is -0.359 e. The zero-order chi connectivity index (χ0) is 24.9. The zero-order valence-electron chi connectivity index (χ0n) is 21.5. The summed E-state index contributed by atoms with van der Waals surface area (Å²) in [6, 6.07) is 9.04. The first-order chi connectivity index (χ1) is 17.1. The molecule has 7 rings (SSSR count). The number of fused-ring (bicyclic) bond motifs is 2. The van der Waals surface area contributed by atoms with Gasteiger partial charge in [0.15, 0.2) is 0 Å². The Morgan fingerprint density at radius 2 is 1.97 bits per heavy atom. The Hall–Kier alpha value is -2.02. The summed E-state index contributed by atoms with van der Waals surface area (Å²) < 4.78 is 33.6. The van der Waals surface area contributed by atoms with Gasteiger partial charge >= 0.3 is 0 Å². The molecule has 2 saturated carbocycles. The molecule has 3 aliphatic carbocycles. The van der Waals surface area contributed by atoms with E-state index in [2.05, 4.69) is 48.3 Å². The summed E-state index contributed by atoms with van der Waals surface area (Å²) in [4.78, 5) is 4.36. The summed E-state index contributed by atoms with van der Waals surface area (Å²) >= 11 is 0. The Labute approximate surface area is 214 Å². The number of benzene rings is 1. The molecule has 36 heavy (non-hydrogen) atoms. The van der Waals surface area contributed by atoms with E-state index in [0.717, 1.165) is 38.5 Å². The molecule has 5 nitrogen and oxygen atoms in total. The molecule has 6 heteroatoms. The second-order valence-corrected chi connectivity index (χ2v) is 14.4. The van der Waals surface area contributed by atoms with Crippen molar-refractivity contribution < 1.29 is 13.2 Å². The van der Waals surface area contributed by atoms with Crippen LogP contribution in [0.15, 0.2) is 60.0 Å². The lowest BCUT2D eigenvalue weighted by Crippen LogP contribution is -2.55. The van der Waals surface area contributed by atoms with Gasteiger partial charge in [0.2, 0.25) is 10.0 Å². The summed E-state index contributed by atoms with van der Waals surface area (Å²) in [6.45, 7) is 2.50. The Balaban J connectivity index is 1.25. The van der Waals surface area contributed by atoms with E-state index in [0.29, 0.717) is 11.8 Å². The lowest BCUT2D eigenvalue weighted by Gasteiger charge is -2.54. The average Bonchev–Trinajstić information content (AvgIpc) is 3.37. The number of pyridine rings is 1. The van der Waals surface area contributed by atoms with Crippen LogP contribution >= 0.6 is 0 Å². The number of nitrogens with zero attached hydrogens (tertiary/aromatic N) is 2. The topological polar surface area (TPSA) is 59.5 Å². The van der Waals surface area contributed by atoms with Crippen LogP contribution < -0.4 is 0 Å². The van der Waals surface area contributed by atoms with Crippen molar-refractivity contribution in [3.8, 4) is 0 Å². The van der Waals surface area contributed by atoms with Gasteiger partial charge in [-0.05, 0) is 103 Å². The van der Waals surface area contributed by atoms with Gasteiger partial charge < -0.3 is 4.74 Å². The number of rotatable bonds is 3. The number of aromatic nitrogens is 1. The first-order valence-electron chi connectivity index (χ1n) is 13.5. The number of sulfonamides is 1. The molecule has 6 atom stereocenters. The van der Waals surface area contributed by atoms with Crippen LogP contribution in [0.5, 0.6) is 0 Å². The van der Waals surface area contributed by atoms with Crippen LogP contribution in [0.4, 0.5) is 0 Å². The average molecular weight is 505 g/mol. The van der Waals surface area contributed by atoms with E-state index in [-0.39, 0.29) is 22.7 Å². The Kier molecular flexibility index (Phi) is 4.83. The molecule has 1 aromatic carbocycles. The first-order valence-corrected chi connectivity index (χ1v) is 15.4. The normalized spacial score (nSPS) is 39.4. The summed E-state index contributed by atoms with van der Waals surface area (Å²) in [5, 5.41) is 2.46. The highest BCUT2D eigenvalue weighted by Gasteiger charge is 2.66. The highest BCUT2D eigenvalue weighted by atomic mass is 32.2. The van der Waals surface area contributed by atoms with Gasteiger partial charge in [0.1, 0.15) is 0 Å². The van der Waals surface area contributed by atoms with Crippen LogP contribution in [0.25, 0.3) is 10.8 Å². The van der Waals surface area contributed by atoms with E-state index in [1.54, 1.807) is 11.4 Å². The second-order valence-electron chi connectivity index (χ2n) is 12.4. The fourth-order valence-electron chi connectivity index (χ4n) is 8.83. The largest absolute Gasteiger partial charge is 0.359 e. The number of hydrogen-bond acceptors (Lipinski definition) is 4. The molecule has 5 aliphatic rings. The van der Waals surface area contributed by atoms with E-state index in [4.69, 9.17) is 4.74 Å². The number of hydrogen-bond donors (Lipinski definition) is 0. The third-order valence-electron chi connectivity index (χ3n) is 10.8. The van der Waals surface area contributed by atoms with E-state index in [9.17, 15) is 8.42 Å².